The maximum Gasteiger partial charge on any atom is 0.251 e. The molecule has 0 bridgehead atoms. The summed E-state index contributed by atoms with van der Waals surface area (Å²) in [6, 6.07) is 12.6. The summed E-state index contributed by atoms with van der Waals surface area (Å²) >= 11 is 0. The van der Waals surface area contributed by atoms with Gasteiger partial charge in [0.05, 0.1) is 19.3 Å². The standard InChI is InChI=1S/C21H28N2O3.ClH/c1-5-25-18-12-9-16(13-19(18)26-6-2)20(14(3)4)23-21(24)15-7-10-17(22)11-8-15;/h7-14,20H,5-6,22H2,1-4H3,(H,23,24);1H. The first-order valence-electron chi connectivity index (χ1n) is 9.02. The van der Waals surface area contributed by atoms with E-state index in [0.29, 0.717) is 36.0 Å². The molecule has 5 nitrogen and oxygen atoms in total. The van der Waals surface area contributed by atoms with Gasteiger partial charge in [-0.25, -0.2) is 0 Å². The first kappa shape index (κ1) is 22.6. The third-order valence-corrected chi connectivity index (χ3v) is 4.05. The molecule has 0 fully saturated rings. The maximum atomic E-state index is 12.6. The second-order valence-corrected chi connectivity index (χ2v) is 6.39. The van der Waals surface area contributed by atoms with Gasteiger partial charge in [-0.05, 0) is 61.7 Å². The topological polar surface area (TPSA) is 73.6 Å². The molecular formula is C21H29ClN2O3. The van der Waals surface area contributed by atoms with Crippen LogP contribution >= 0.6 is 12.4 Å². The van der Waals surface area contributed by atoms with Gasteiger partial charge in [-0.3, -0.25) is 4.79 Å². The lowest BCUT2D eigenvalue weighted by atomic mass is 9.95. The Morgan fingerprint density at radius 2 is 1.59 bits per heavy atom. The number of nitrogen functional groups attached to an aromatic ring is 1. The predicted molar refractivity (Wildman–Crippen MR) is 112 cm³/mol. The zero-order chi connectivity index (χ0) is 19.1. The van der Waals surface area contributed by atoms with Crippen molar-refractivity contribution in [3.8, 4) is 11.5 Å². The molecule has 0 aliphatic heterocycles. The quantitative estimate of drug-likeness (QED) is 0.643. The SMILES string of the molecule is CCOc1ccc(C(NC(=O)c2ccc(N)cc2)C(C)C)cc1OCC.Cl. The van der Waals surface area contributed by atoms with E-state index in [4.69, 9.17) is 15.2 Å². The summed E-state index contributed by atoms with van der Waals surface area (Å²) in [4.78, 5) is 12.6. The lowest BCUT2D eigenvalue weighted by molar-refractivity contribution is 0.0925. The lowest BCUT2D eigenvalue weighted by Gasteiger charge is -2.24. The van der Waals surface area contributed by atoms with E-state index < -0.39 is 0 Å². The molecule has 0 radical (unpaired) electrons. The van der Waals surface area contributed by atoms with E-state index in [9.17, 15) is 4.79 Å². The van der Waals surface area contributed by atoms with Crippen molar-refractivity contribution in [2.24, 2.45) is 5.92 Å². The summed E-state index contributed by atoms with van der Waals surface area (Å²) < 4.78 is 11.3. The van der Waals surface area contributed by atoms with Crippen molar-refractivity contribution in [1.29, 1.82) is 0 Å². The van der Waals surface area contributed by atoms with Gasteiger partial charge in [-0.1, -0.05) is 19.9 Å². The average Bonchev–Trinajstić information content (AvgIpc) is 2.62. The Hall–Kier alpha value is -2.40. The Balaban J connectivity index is 0.00000364. The molecule has 2 aromatic carbocycles. The molecule has 0 aromatic heterocycles. The number of hydrogen-bond donors (Lipinski definition) is 2. The molecule has 1 atom stereocenters. The minimum Gasteiger partial charge on any atom is -0.490 e. The Labute approximate surface area is 167 Å². The molecule has 3 N–H and O–H groups in total. The summed E-state index contributed by atoms with van der Waals surface area (Å²) in [5, 5.41) is 3.11. The van der Waals surface area contributed by atoms with Crippen molar-refractivity contribution in [2.75, 3.05) is 18.9 Å². The van der Waals surface area contributed by atoms with Gasteiger partial charge in [0, 0.05) is 11.3 Å². The number of nitrogens with two attached hydrogens (primary N) is 1. The lowest BCUT2D eigenvalue weighted by Crippen LogP contribution is -2.31. The third-order valence-electron chi connectivity index (χ3n) is 4.05. The van der Waals surface area contributed by atoms with Crippen LogP contribution in [0.2, 0.25) is 0 Å². The van der Waals surface area contributed by atoms with E-state index in [1.165, 1.54) is 0 Å². The number of ether oxygens (including phenoxy) is 2. The molecule has 1 amide bonds. The molecule has 0 heterocycles. The van der Waals surface area contributed by atoms with Crippen molar-refractivity contribution < 1.29 is 14.3 Å². The van der Waals surface area contributed by atoms with E-state index in [1.54, 1.807) is 24.3 Å². The van der Waals surface area contributed by atoms with Crippen molar-refractivity contribution in [3.05, 3.63) is 53.6 Å². The number of hydrogen-bond acceptors (Lipinski definition) is 4. The van der Waals surface area contributed by atoms with Crippen LogP contribution in [0.25, 0.3) is 0 Å². The minimum atomic E-state index is -0.144. The first-order chi connectivity index (χ1) is 12.5. The summed E-state index contributed by atoms with van der Waals surface area (Å²) in [6.45, 7) is 9.14. The highest BCUT2D eigenvalue weighted by molar-refractivity contribution is 5.94. The van der Waals surface area contributed by atoms with E-state index in [2.05, 4.69) is 19.2 Å². The number of nitrogens with one attached hydrogen (secondary N) is 1. The fourth-order valence-corrected chi connectivity index (χ4v) is 2.76. The summed E-state index contributed by atoms with van der Waals surface area (Å²) in [5.74, 6) is 1.49. The number of carbonyl (C=O) groups is 1. The van der Waals surface area contributed by atoms with Crippen LogP contribution in [0.1, 0.15) is 49.7 Å². The number of rotatable bonds is 8. The van der Waals surface area contributed by atoms with Crippen LogP contribution < -0.4 is 20.5 Å². The van der Waals surface area contributed by atoms with E-state index in [-0.39, 0.29) is 30.3 Å². The Morgan fingerprint density at radius 1 is 1.00 bits per heavy atom. The maximum absolute atomic E-state index is 12.6. The summed E-state index contributed by atoms with van der Waals surface area (Å²) in [6.07, 6.45) is 0. The van der Waals surface area contributed by atoms with Gasteiger partial charge in [-0.15, -0.1) is 12.4 Å². The molecule has 0 saturated heterocycles. The molecule has 2 rings (SSSR count). The average molecular weight is 393 g/mol. The molecule has 27 heavy (non-hydrogen) atoms. The summed E-state index contributed by atoms with van der Waals surface area (Å²) in [5.41, 5.74) is 7.89. The van der Waals surface area contributed by atoms with Crippen LogP contribution in [0.5, 0.6) is 11.5 Å². The second-order valence-electron chi connectivity index (χ2n) is 6.39. The van der Waals surface area contributed by atoms with Crippen LogP contribution in [0.4, 0.5) is 5.69 Å². The Bertz CT molecular complexity index is 733. The fraction of sp³-hybridized carbons (Fsp3) is 0.381. The van der Waals surface area contributed by atoms with Crippen molar-refractivity contribution >= 4 is 24.0 Å². The molecular weight excluding hydrogens is 364 g/mol. The van der Waals surface area contributed by atoms with Gasteiger partial charge in [0.15, 0.2) is 11.5 Å². The predicted octanol–water partition coefficient (Wildman–Crippen LogP) is 4.62. The number of halogens is 1. The highest BCUT2D eigenvalue weighted by Crippen LogP contribution is 2.33. The van der Waals surface area contributed by atoms with Crippen LogP contribution in [0.3, 0.4) is 0 Å². The largest absolute Gasteiger partial charge is 0.490 e. The first-order valence-corrected chi connectivity index (χ1v) is 9.02. The number of anilines is 1. The molecule has 0 saturated carbocycles. The number of carbonyl (C=O) groups excluding carboxylic acids is 1. The molecule has 148 valence electrons. The van der Waals surface area contributed by atoms with E-state index in [1.807, 2.05) is 32.0 Å². The minimum absolute atomic E-state index is 0. The Kier molecular flexibility index (Phi) is 8.95. The van der Waals surface area contributed by atoms with Crippen molar-refractivity contribution in [1.82, 2.24) is 5.32 Å². The van der Waals surface area contributed by atoms with Gasteiger partial charge in [0.2, 0.25) is 0 Å². The van der Waals surface area contributed by atoms with Crippen LogP contribution in [-0.4, -0.2) is 19.1 Å². The molecule has 0 aliphatic carbocycles. The molecule has 1 unspecified atom stereocenters. The second kappa shape index (κ2) is 10.7. The zero-order valence-electron chi connectivity index (χ0n) is 16.3. The summed E-state index contributed by atoms with van der Waals surface area (Å²) in [7, 11) is 0. The normalized spacial score (nSPS) is 11.4. The highest BCUT2D eigenvalue weighted by atomic mass is 35.5. The van der Waals surface area contributed by atoms with E-state index in [0.717, 1.165) is 5.56 Å². The van der Waals surface area contributed by atoms with Crippen LogP contribution in [0, 0.1) is 5.92 Å². The van der Waals surface area contributed by atoms with Crippen molar-refractivity contribution in [3.63, 3.8) is 0 Å². The molecule has 0 aliphatic rings. The highest BCUT2D eigenvalue weighted by Gasteiger charge is 2.21. The van der Waals surface area contributed by atoms with Gasteiger partial charge in [-0.2, -0.15) is 0 Å². The molecule has 2 aromatic rings. The number of benzene rings is 2. The molecule has 6 heteroatoms. The zero-order valence-corrected chi connectivity index (χ0v) is 17.1. The van der Waals surface area contributed by atoms with Gasteiger partial charge < -0.3 is 20.5 Å². The van der Waals surface area contributed by atoms with Crippen LogP contribution in [-0.2, 0) is 0 Å². The van der Waals surface area contributed by atoms with E-state index >= 15 is 0 Å². The smallest absolute Gasteiger partial charge is 0.251 e. The van der Waals surface area contributed by atoms with Gasteiger partial charge in [0.25, 0.3) is 5.91 Å². The van der Waals surface area contributed by atoms with Crippen LogP contribution in [0.15, 0.2) is 42.5 Å². The third kappa shape index (κ3) is 6.07. The van der Waals surface area contributed by atoms with Crippen molar-refractivity contribution in [2.45, 2.75) is 33.7 Å². The molecule has 0 spiro atoms. The van der Waals surface area contributed by atoms with Gasteiger partial charge in [0.1, 0.15) is 0 Å². The van der Waals surface area contributed by atoms with Gasteiger partial charge >= 0.3 is 0 Å². The monoisotopic (exact) mass is 392 g/mol. The Morgan fingerprint density at radius 3 is 2.15 bits per heavy atom. The number of amides is 1. The fourth-order valence-electron chi connectivity index (χ4n) is 2.76.